The lowest BCUT2D eigenvalue weighted by atomic mass is 10.1. The summed E-state index contributed by atoms with van der Waals surface area (Å²) >= 11 is 17.2. The van der Waals surface area contributed by atoms with Crippen LogP contribution in [0.4, 0.5) is 17.6 Å². The van der Waals surface area contributed by atoms with E-state index < -0.39 is 33.7 Å². The quantitative estimate of drug-likeness (QED) is 0.189. The maximum atomic E-state index is 13.8. The van der Waals surface area contributed by atoms with Crippen LogP contribution in [0.5, 0.6) is 0 Å². The first-order chi connectivity index (χ1) is 20.1. The van der Waals surface area contributed by atoms with Crippen LogP contribution in [-0.4, -0.2) is 35.0 Å². The van der Waals surface area contributed by atoms with Crippen molar-refractivity contribution in [3.8, 4) is 11.1 Å². The summed E-state index contributed by atoms with van der Waals surface area (Å²) in [7, 11) is 0. The number of halogens is 7. The minimum Gasteiger partial charge on any atom is -0.462 e. The summed E-state index contributed by atoms with van der Waals surface area (Å²) in [5.74, 6) is -4.02. The van der Waals surface area contributed by atoms with E-state index in [1.807, 2.05) is 0 Å². The van der Waals surface area contributed by atoms with Gasteiger partial charge in [0, 0.05) is 49.4 Å². The molecule has 14 heteroatoms. The largest absolute Gasteiger partial charge is 0.462 e. The third-order valence-electron chi connectivity index (χ3n) is 6.21. The summed E-state index contributed by atoms with van der Waals surface area (Å²) in [5.41, 5.74) is 5.37. The number of esters is 1. The minimum absolute atomic E-state index is 0.0470. The molecule has 0 saturated carbocycles. The summed E-state index contributed by atoms with van der Waals surface area (Å²) in [4.78, 5) is 23.8. The smallest absolute Gasteiger partial charge is 0.341 e. The van der Waals surface area contributed by atoms with Gasteiger partial charge in [0.05, 0.1) is 17.7 Å². The molecule has 7 nitrogen and oxygen atoms in total. The Labute approximate surface area is 254 Å². The fourth-order valence-corrected chi connectivity index (χ4v) is 4.95. The van der Waals surface area contributed by atoms with Crippen molar-refractivity contribution in [1.82, 2.24) is 20.2 Å². The zero-order valence-electron chi connectivity index (χ0n) is 22.6. The molecule has 0 radical (unpaired) electrons. The highest BCUT2D eigenvalue weighted by molar-refractivity contribution is 6.61. The minimum atomic E-state index is -0.938. The Morgan fingerprint density at radius 3 is 1.93 bits per heavy atom. The van der Waals surface area contributed by atoms with E-state index in [2.05, 4.69) is 15.6 Å². The predicted octanol–water partition coefficient (Wildman–Crippen LogP) is 6.59. The van der Waals surface area contributed by atoms with Crippen molar-refractivity contribution in [2.24, 2.45) is 0 Å². The Bertz CT molecular complexity index is 1470. The van der Waals surface area contributed by atoms with Gasteiger partial charge in [0.2, 0.25) is 0 Å². The van der Waals surface area contributed by atoms with Crippen LogP contribution in [-0.2, 0) is 22.6 Å². The van der Waals surface area contributed by atoms with E-state index in [0.717, 1.165) is 50.2 Å². The average Bonchev–Trinajstić information content (AvgIpc) is 3.21. The molecule has 0 amide bonds. The summed E-state index contributed by atoms with van der Waals surface area (Å²) < 4.78 is 60.3. The first-order valence-corrected chi connectivity index (χ1v) is 14.3. The molecule has 0 atom stereocenters. The van der Waals surface area contributed by atoms with E-state index in [1.165, 1.54) is 23.6 Å². The zero-order chi connectivity index (χ0) is 30.8. The second-order valence-electron chi connectivity index (χ2n) is 9.09. The predicted molar refractivity (Wildman–Crippen MR) is 155 cm³/mol. The molecule has 5 rings (SSSR count). The number of ether oxygens (including phenoxy) is 1. The van der Waals surface area contributed by atoms with Gasteiger partial charge in [0.15, 0.2) is 0 Å². The van der Waals surface area contributed by atoms with Crippen LogP contribution < -0.4 is 16.4 Å². The molecule has 228 valence electrons. The van der Waals surface area contributed by atoms with Gasteiger partial charge in [-0.2, -0.15) is 0 Å². The lowest BCUT2D eigenvalue weighted by Crippen LogP contribution is -2.37. The summed E-state index contributed by atoms with van der Waals surface area (Å²) in [5, 5.41) is 0.218. The van der Waals surface area contributed by atoms with Crippen molar-refractivity contribution in [2.75, 3.05) is 19.7 Å². The zero-order valence-corrected chi connectivity index (χ0v) is 24.9. The van der Waals surface area contributed by atoms with Gasteiger partial charge in [0.1, 0.15) is 32.9 Å². The number of fused-ring (bicyclic) bond motifs is 1. The normalized spacial score (nSPS) is 14.0. The molecule has 1 fully saturated rings. The van der Waals surface area contributed by atoms with Gasteiger partial charge in [-0.05, 0) is 56.9 Å². The van der Waals surface area contributed by atoms with Crippen LogP contribution >= 0.6 is 34.8 Å². The number of carbonyl (C=O) groups is 1. The van der Waals surface area contributed by atoms with Gasteiger partial charge in [-0.15, -0.1) is 0 Å². The fraction of sp³-hybridized carbons (Fsp3) is 0.357. The maximum absolute atomic E-state index is 13.8. The molecule has 0 unspecified atom stereocenters. The number of hydrogen-bond donors (Lipinski definition) is 2. The van der Waals surface area contributed by atoms with Gasteiger partial charge >= 0.3 is 5.97 Å². The van der Waals surface area contributed by atoms with Gasteiger partial charge in [0.25, 0.3) is 5.56 Å². The van der Waals surface area contributed by atoms with Crippen LogP contribution in [0, 0.1) is 23.3 Å². The number of nitrogens with one attached hydrogen (secondary N) is 2. The highest BCUT2D eigenvalue weighted by atomic mass is 35.5. The van der Waals surface area contributed by atoms with E-state index in [-0.39, 0.29) is 39.6 Å². The van der Waals surface area contributed by atoms with Gasteiger partial charge < -0.3 is 4.74 Å². The van der Waals surface area contributed by atoms with Crippen LogP contribution in [0.25, 0.3) is 16.7 Å². The third kappa shape index (κ3) is 8.61. The highest BCUT2D eigenvalue weighted by Gasteiger charge is 2.24. The summed E-state index contributed by atoms with van der Waals surface area (Å²) in [6, 6.07) is 5.82. The molecule has 2 aromatic carbocycles. The maximum Gasteiger partial charge on any atom is 0.341 e. The number of hydrogen-bond acceptors (Lipinski definition) is 5. The molecule has 3 aromatic rings. The summed E-state index contributed by atoms with van der Waals surface area (Å²) in [6.07, 6.45) is 4.48. The van der Waals surface area contributed by atoms with Gasteiger partial charge in [-0.25, -0.2) is 27.0 Å². The van der Waals surface area contributed by atoms with Crippen molar-refractivity contribution >= 4 is 46.3 Å². The SMILES string of the molecule is C1CCNNC1.CCOC(=O)C(=C(Cl)Cl)c1ccc(F)cc1F.O=c1c(-c2ccc(F)cc2F)c(Cl)n2n1CCCC2. The van der Waals surface area contributed by atoms with Crippen LogP contribution in [0.15, 0.2) is 45.7 Å². The van der Waals surface area contributed by atoms with Crippen LogP contribution in [0.3, 0.4) is 0 Å². The van der Waals surface area contributed by atoms with Crippen molar-refractivity contribution < 1.29 is 27.1 Å². The molecule has 42 heavy (non-hydrogen) atoms. The average molecular weight is 652 g/mol. The van der Waals surface area contributed by atoms with Crippen molar-refractivity contribution in [2.45, 2.75) is 45.7 Å². The van der Waals surface area contributed by atoms with E-state index >= 15 is 0 Å². The number of aromatic nitrogens is 2. The first kappa shape index (κ1) is 33.7. The van der Waals surface area contributed by atoms with Crippen molar-refractivity contribution in [1.29, 1.82) is 0 Å². The molecule has 0 spiro atoms. The Kier molecular flexibility index (Phi) is 12.9. The molecular formula is C28H29Cl3F4N4O3. The number of benzene rings is 2. The van der Waals surface area contributed by atoms with Gasteiger partial charge in [-0.3, -0.25) is 20.3 Å². The van der Waals surface area contributed by atoms with E-state index in [9.17, 15) is 27.2 Å². The topological polar surface area (TPSA) is 77.3 Å². The third-order valence-corrected chi connectivity index (χ3v) is 6.97. The molecule has 1 saturated heterocycles. The Morgan fingerprint density at radius 2 is 1.45 bits per heavy atom. The molecular weight excluding hydrogens is 623 g/mol. The number of carbonyl (C=O) groups excluding carboxylic acids is 1. The van der Waals surface area contributed by atoms with E-state index in [0.29, 0.717) is 19.2 Å². The Balaban J connectivity index is 0.000000194. The number of rotatable bonds is 4. The van der Waals surface area contributed by atoms with E-state index in [1.54, 1.807) is 11.6 Å². The van der Waals surface area contributed by atoms with E-state index in [4.69, 9.17) is 34.8 Å². The summed E-state index contributed by atoms with van der Waals surface area (Å²) in [6.45, 7) is 5.16. The Morgan fingerprint density at radius 1 is 0.881 bits per heavy atom. The monoisotopic (exact) mass is 650 g/mol. The fourth-order valence-electron chi connectivity index (χ4n) is 4.23. The van der Waals surface area contributed by atoms with Crippen molar-refractivity contribution in [3.63, 3.8) is 0 Å². The lowest BCUT2D eigenvalue weighted by molar-refractivity contribution is -0.136. The molecule has 2 aliphatic rings. The first-order valence-electron chi connectivity index (χ1n) is 13.1. The Hall–Kier alpha value is -2.83. The standard InChI is InChI=1S/C13H11ClF2N2O.C11H8Cl2F2O2.C4H10N2/c14-12-11(9-4-3-8(15)7-10(9)16)13(19)18-6-2-1-5-17(12)18;1-2-17-11(16)9(10(12)13)7-4-3-6(14)5-8(7)15;1-2-4-6-5-3-1/h3-4,7H,1-2,5-6H2;3-5H,2H2,1H3;5-6H,1-4H2. The second-order valence-corrected chi connectivity index (χ2v) is 10.4. The highest BCUT2D eigenvalue weighted by Crippen LogP contribution is 2.30. The molecule has 2 N–H and O–H groups in total. The lowest BCUT2D eigenvalue weighted by Gasteiger charge is -2.17. The molecule has 0 aliphatic carbocycles. The molecule has 1 aromatic heterocycles. The van der Waals surface area contributed by atoms with Gasteiger partial charge in [-0.1, -0.05) is 34.8 Å². The van der Waals surface area contributed by atoms with Crippen LogP contribution in [0.1, 0.15) is 38.2 Å². The molecule has 3 heterocycles. The molecule has 0 bridgehead atoms. The number of nitrogens with zero attached hydrogens (tertiary/aromatic N) is 2. The van der Waals surface area contributed by atoms with Crippen LogP contribution in [0.2, 0.25) is 5.15 Å². The molecule has 2 aliphatic heterocycles. The number of hydrazine groups is 1. The second kappa shape index (κ2) is 16.1. The van der Waals surface area contributed by atoms with Crippen molar-refractivity contribution in [3.05, 3.63) is 85.2 Å².